The van der Waals surface area contributed by atoms with Crippen molar-refractivity contribution in [1.82, 2.24) is 0 Å². The maximum absolute atomic E-state index is 12.4. The zero-order chi connectivity index (χ0) is 13.1. The van der Waals surface area contributed by atoms with Crippen molar-refractivity contribution >= 4 is 5.78 Å². The van der Waals surface area contributed by atoms with Crippen LogP contribution >= 0.6 is 0 Å². The molecule has 0 radical (unpaired) electrons. The van der Waals surface area contributed by atoms with Crippen molar-refractivity contribution < 1.29 is 4.79 Å². The first kappa shape index (κ1) is 12.6. The van der Waals surface area contributed by atoms with E-state index in [1.165, 1.54) is 11.1 Å². The molecule has 0 N–H and O–H groups in total. The Morgan fingerprint density at radius 2 is 1.56 bits per heavy atom. The Kier molecular flexibility index (Phi) is 3.61. The lowest BCUT2D eigenvalue weighted by Crippen LogP contribution is -2.05. The molecule has 0 unspecified atom stereocenters. The minimum absolute atomic E-state index is 0.117. The van der Waals surface area contributed by atoms with Crippen LogP contribution in [0, 0.1) is 13.8 Å². The largest absolute Gasteiger partial charge is 0.289 e. The van der Waals surface area contributed by atoms with Crippen molar-refractivity contribution in [2.45, 2.75) is 27.2 Å². The van der Waals surface area contributed by atoms with Crippen molar-refractivity contribution in [3.63, 3.8) is 0 Å². The van der Waals surface area contributed by atoms with Gasteiger partial charge in [0.1, 0.15) is 0 Å². The van der Waals surface area contributed by atoms with E-state index in [2.05, 4.69) is 19.9 Å². The molecule has 1 nitrogen and oxygen atoms in total. The SMILES string of the molecule is CCc1cc(C)ccc1C(=O)c1ccc(C)cc1. The number of carbonyl (C=O) groups excluding carboxylic acids is 1. The summed E-state index contributed by atoms with van der Waals surface area (Å²) in [6.07, 6.45) is 0.884. The average molecular weight is 238 g/mol. The third-order valence-electron chi connectivity index (χ3n) is 3.20. The molecule has 0 spiro atoms. The fraction of sp³-hybridized carbons (Fsp3) is 0.235. The van der Waals surface area contributed by atoms with Gasteiger partial charge in [-0.05, 0) is 25.8 Å². The Balaban J connectivity index is 2.42. The predicted octanol–water partition coefficient (Wildman–Crippen LogP) is 4.10. The summed E-state index contributed by atoms with van der Waals surface area (Å²) < 4.78 is 0. The minimum atomic E-state index is 0.117. The Morgan fingerprint density at radius 1 is 0.944 bits per heavy atom. The number of aryl methyl sites for hydroxylation is 3. The van der Waals surface area contributed by atoms with Gasteiger partial charge in [-0.3, -0.25) is 4.79 Å². The van der Waals surface area contributed by atoms with Gasteiger partial charge in [0.15, 0.2) is 5.78 Å². The van der Waals surface area contributed by atoms with Gasteiger partial charge in [-0.15, -0.1) is 0 Å². The highest BCUT2D eigenvalue weighted by Gasteiger charge is 2.12. The fourth-order valence-electron chi connectivity index (χ4n) is 2.10. The molecule has 0 aliphatic heterocycles. The van der Waals surface area contributed by atoms with Crippen molar-refractivity contribution in [3.05, 3.63) is 70.3 Å². The Morgan fingerprint density at radius 3 is 2.17 bits per heavy atom. The predicted molar refractivity (Wildman–Crippen MR) is 75.2 cm³/mol. The molecule has 92 valence electrons. The molecule has 2 aromatic rings. The van der Waals surface area contributed by atoms with Crippen LogP contribution in [0.15, 0.2) is 42.5 Å². The number of rotatable bonds is 3. The summed E-state index contributed by atoms with van der Waals surface area (Å²) in [6, 6.07) is 13.8. The number of hydrogen-bond acceptors (Lipinski definition) is 1. The second-order valence-corrected chi connectivity index (χ2v) is 4.71. The van der Waals surface area contributed by atoms with Crippen LogP contribution in [0.2, 0.25) is 0 Å². The lowest BCUT2D eigenvalue weighted by atomic mass is 9.95. The highest BCUT2D eigenvalue weighted by molar-refractivity contribution is 6.09. The Hall–Kier alpha value is -1.89. The summed E-state index contributed by atoms with van der Waals surface area (Å²) in [5, 5.41) is 0. The van der Waals surface area contributed by atoms with Gasteiger partial charge in [0.25, 0.3) is 0 Å². The summed E-state index contributed by atoms with van der Waals surface area (Å²) in [5.41, 5.74) is 5.09. The lowest BCUT2D eigenvalue weighted by molar-refractivity contribution is 0.103. The normalized spacial score (nSPS) is 10.4. The van der Waals surface area contributed by atoms with Gasteiger partial charge in [0, 0.05) is 11.1 Å². The van der Waals surface area contributed by atoms with E-state index in [4.69, 9.17) is 0 Å². The van der Waals surface area contributed by atoms with Crippen molar-refractivity contribution in [2.24, 2.45) is 0 Å². The van der Waals surface area contributed by atoms with Crippen LogP contribution in [-0.2, 0) is 6.42 Å². The molecule has 0 amide bonds. The molecule has 0 bridgehead atoms. The summed E-state index contributed by atoms with van der Waals surface area (Å²) >= 11 is 0. The first-order chi connectivity index (χ1) is 8.61. The highest BCUT2D eigenvalue weighted by atomic mass is 16.1. The lowest BCUT2D eigenvalue weighted by Gasteiger charge is -2.08. The Labute approximate surface area is 108 Å². The van der Waals surface area contributed by atoms with Gasteiger partial charge in [-0.25, -0.2) is 0 Å². The van der Waals surface area contributed by atoms with Crippen LogP contribution < -0.4 is 0 Å². The molecule has 0 aliphatic carbocycles. The summed E-state index contributed by atoms with van der Waals surface area (Å²) in [4.78, 5) is 12.4. The molecular weight excluding hydrogens is 220 g/mol. The van der Waals surface area contributed by atoms with Crippen LogP contribution in [0.4, 0.5) is 0 Å². The summed E-state index contributed by atoms with van der Waals surface area (Å²) in [7, 11) is 0. The van der Waals surface area contributed by atoms with E-state index in [-0.39, 0.29) is 5.78 Å². The molecule has 2 rings (SSSR count). The maximum atomic E-state index is 12.4. The molecule has 18 heavy (non-hydrogen) atoms. The van der Waals surface area contributed by atoms with Gasteiger partial charge in [-0.1, -0.05) is 60.5 Å². The number of ketones is 1. The summed E-state index contributed by atoms with van der Waals surface area (Å²) in [5.74, 6) is 0.117. The fourth-order valence-corrected chi connectivity index (χ4v) is 2.10. The van der Waals surface area contributed by atoms with Crippen LogP contribution in [0.25, 0.3) is 0 Å². The van der Waals surface area contributed by atoms with E-state index in [0.717, 1.165) is 23.1 Å². The number of benzene rings is 2. The minimum Gasteiger partial charge on any atom is -0.289 e. The van der Waals surface area contributed by atoms with Crippen LogP contribution in [-0.4, -0.2) is 5.78 Å². The van der Waals surface area contributed by atoms with Crippen LogP contribution in [0.1, 0.15) is 39.5 Å². The second kappa shape index (κ2) is 5.18. The van der Waals surface area contributed by atoms with Crippen LogP contribution in [0.3, 0.4) is 0 Å². The first-order valence-electron chi connectivity index (χ1n) is 6.32. The first-order valence-corrected chi connectivity index (χ1v) is 6.32. The highest BCUT2D eigenvalue weighted by Crippen LogP contribution is 2.17. The molecule has 0 aliphatic rings. The quantitative estimate of drug-likeness (QED) is 0.736. The van der Waals surface area contributed by atoms with Gasteiger partial charge >= 0.3 is 0 Å². The van der Waals surface area contributed by atoms with Crippen molar-refractivity contribution in [3.8, 4) is 0 Å². The molecule has 0 saturated carbocycles. The van der Waals surface area contributed by atoms with E-state index in [0.29, 0.717) is 0 Å². The monoisotopic (exact) mass is 238 g/mol. The Bertz CT molecular complexity index is 565. The van der Waals surface area contributed by atoms with Gasteiger partial charge in [-0.2, -0.15) is 0 Å². The second-order valence-electron chi connectivity index (χ2n) is 4.71. The number of carbonyl (C=O) groups is 1. The standard InChI is InChI=1S/C17H18O/c1-4-14-11-13(3)7-10-16(14)17(18)15-8-5-12(2)6-9-15/h5-11H,4H2,1-3H3. The third kappa shape index (κ3) is 2.51. The van der Waals surface area contributed by atoms with E-state index < -0.39 is 0 Å². The molecule has 0 fully saturated rings. The molecule has 0 aromatic heterocycles. The van der Waals surface area contributed by atoms with Crippen LogP contribution in [0.5, 0.6) is 0 Å². The summed E-state index contributed by atoms with van der Waals surface area (Å²) in [6.45, 7) is 6.16. The number of hydrogen-bond donors (Lipinski definition) is 0. The van der Waals surface area contributed by atoms with Gasteiger partial charge < -0.3 is 0 Å². The topological polar surface area (TPSA) is 17.1 Å². The molecule has 0 heterocycles. The molecule has 1 heteroatoms. The zero-order valence-electron chi connectivity index (χ0n) is 11.2. The zero-order valence-corrected chi connectivity index (χ0v) is 11.2. The maximum Gasteiger partial charge on any atom is 0.193 e. The van der Waals surface area contributed by atoms with Gasteiger partial charge in [0.2, 0.25) is 0 Å². The van der Waals surface area contributed by atoms with E-state index in [9.17, 15) is 4.79 Å². The molecule has 2 aromatic carbocycles. The molecule has 0 saturated heterocycles. The smallest absolute Gasteiger partial charge is 0.193 e. The van der Waals surface area contributed by atoms with Gasteiger partial charge in [0.05, 0.1) is 0 Å². The van der Waals surface area contributed by atoms with Crippen molar-refractivity contribution in [2.75, 3.05) is 0 Å². The van der Waals surface area contributed by atoms with E-state index in [1.54, 1.807) is 0 Å². The molecular formula is C17H18O. The van der Waals surface area contributed by atoms with Crippen molar-refractivity contribution in [1.29, 1.82) is 0 Å². The average Bonchev–Trinajstić information content (AvgIpc) is 2.38. The third-order valence-corrected chi connectivity index (χ3v) is 3.20. The van der Waals surface area contributed by atoms with E-state index >= 15 is 0 Å². The molecule has 0 atom stereocenters. The van der Waals surface area contributed by atoms with E-state index in [1.807, 2.05) is 43.3 Å².